The molecule has 1 saturated carbocycles. The number of anilines is 1. The number of nitrogens with zero attached hydrogens (tertiary/aromatic N) is 1. The first-order valence-corrected chi connectivity index (χ1v) is 8.20. The lowest BCUT2D eigenvalue weighted by Gasteiger charge is -2.30. The van der Waals surface area contributed by atoms with E-state index in [4.69, 9.17) is 5.73 Å². The number of carbonyl (C=O) groups excluding carboxylic acids is 1. The van der Waals surface area contributed by atoms with Crippen molar-refractivity contribution in [1.82, 2.24) is 4.90 Å². The molecule has 0 aliphatic heterocycles. The first kappa shape index (κ1) is 15.9. The summed E-state index contributed by atoms with van der Waals surface area (Å²) in [5.41, 5.74) is 7.72. The number of hydrogen-bond donors (Lipinski definition) is 1. The van der Waals surface area contributed by atoms with Gasteiger partial charge in [-0.3, -0.25) is 4.79 Å². The fourth-order valence-corrected chi connectivity index (χ4v) is 3.21. The molecule has 0 unspecified atom stereocenters. The quantitative estimate of drug-likeness (QED) is 0.813. The summed E-state index contributed by atoms with van der Waals surface area (Å²) >= 11 is 0. The normalized spacial score (nSPS) is 15.6. The lowest BCUT2D eigenvalue weighted by atomic mass is 10.1. The molecule has 3 heteroatoms. The van der Waals surface area contributed by atoms with Gasteiger partial charge < -0.3 is 10.6 Å². The molecule has 1 aromatic carbocycles. The Labute approximate surface area is 128 Å². The molecular weight excluding hydrogens is 260 g/mol. The van der Waals surface area contributed by atoms with E-state index in [-0.39, 0.29) is 0 Å². The van der Waals surface area contributed by atoms with Gasteiger partial charge in [0.15, 0.2) is 0 Å². The van der Waals surface area contributed by atoms with Crippen molar-refractivity contribution >= 4 is 11.6 Å². The first-order chi connectivity index (χ1) is 10.1. The van der Waals surface area contributed by atoms with Crippen molar-refractivity contribution in [2.24, 2.45) is 5.92 Å². The fraction of sp³-hybridized carbons (Fsp3) is 0.611. The molecule has 0 spiro atoms. The van der Waals surface area contributed by atoms with Crippen LogP contribution in [0.25, 0.3) is 0 Å². The van der Waals surface area contributed by atoms with E-state index in [1.54, 1.807) is 0 Å². The highest BCUT2D eigenvalue weighted by atomic mass is 16.2. The number of rotatable bonds is 6. The van der Waals surface area contributed by atoms with E-state index in [1.165, 1.54) is 25.7 Å². The molecule has 0 heterocycles. The Bertz CT molecular complexity index is 464. The van der Waals surface area contributed by atoms with E-state index >= 15 is 0 Å². The third kappa shape index (κ3) is 4.76. The summed E-state index contributed by atoms with van der Waals surface area (Å²) in [5, 5.41) is 0. The van der Waals surface area contributed by atoms with Crippen molar-refractivity contribution < 1.29 is 4.79 Å². The topological polar surface area (TPSA) is 46.3 Å². The van der Waals surface area contributed by atoms with Gasteiger partial charge in [-0.25, -0.2) is 0 Å². The number of aryl methyl sites for hydroxylation is 1. The van der Waals surface area contributed by atoms with Crippen LogP contribution in [0.4, 0.5) is 5.69 Å². The second-order valence-electron chi connectivity index (χ2n) is 6.62. The van der Waals surface area contributed by atoms with Gasteiger partial charge in [-0.1, -0.05) is 38.8 Å². The second-order valence-corrected chi connectivity index (χ2v) is 6.62. The minimum Gasteiger partial charge on any atom is -0.399 e. The first-order valence-electron chi connectivity index (χ1n) is 8.20. The number of nitrogen functional groups attached to an aromatic ring is 1. The van der Waals surface area contributed by atoms with E-state index in [2.05, 4.69) is 18.7 Å². The summed E-state index contributed by atoms with van der Waals surface area (Å²) in [7, 11) is 0. The largest absolute Gasteiger partial charge is 0.399 e. The maximum atomic E-state index is 12.6. The van der Waals surface area contributed by atoms with Crippen LogP contribution in [0, 0.1) is 5.92 Å². The van der Waals surface area contributed by atoms with Crippen molar-refractivity contribution in [3.05, 3.63) is 29.8 Å². The maximum Gasteiger partial charge on any atom is 0.223 e. The monoisotopic (exact) mass is 288 g/mol. The molecule has 0 saturated heterocycles. The molecule has 1 aliphatic rings. The minimum absolute atomic E-state index is 0.304. The summed E-state index contributed by atoms with van der Waals surface area (Å²) in [4.78, 5) is 14.8. The predicted molar refractivity (Wildman–Crippen MR) is 88.0 cm³/mol. The van der Waals surface area contributed by atoms with Gasteiger partial charge in [0, 0.05) is 24.7 Å². The average Bonchev–Trinajstić information content (AvgIpc) is 2.96. The Kier molecular flexibility index (Phi) is 5.66. The Morgan fingerprint density at radius 1 is 1.33 bits per heavy atom. The molecule has 0 radical (unpaired) electrons. The van der Waals surface area contributed by atoms with E-state index in [9.17, 15) is 4.79 Å². The Hall–Kier alpha value is -1.51. The van der Waals surface area contributed by atoms with Crippen LogP contribution in [-0.4, -0.2) is 23.4 Å². The molecule has 1 fully saturated rings. The highest BCUT2D eigenvalue weighted by molar-refractivity contribution is 5.77. The molecule has 2 N–H and O–H groups in total. The van der Waals surface area contributed by atoms with Gasteiger partial charge in [0.25, 0.3) is 0 Å². The van der Waals surface area contributed by atoms with Crippen LogP contribution in [-0.2, 0) is 11.2 Å². The Morgan fingerprint density at radius 3 is 2.67 bits per heavy atom. The van der Waals surface area contributed by atoms with Crippen LogP contribution < -0.4 is 5.73 Å². The van der Waals surface area contributed by atoms with Crippen LogP contribution in [0.3, 0.4) is 0 Å². The lowest BCUT2D eigenvalue weighted by molar-refractivity contribution is -0.134. The summed E-state index contributed by atoms with van der Waals surface area (Å²) in [6.45, 7) is 5.26. The smallest absolute Gasteiger partial charge is 0.223 e. The number of carbonyl (C=O) groups is 1. The van der Waals surface area contributed by atoms with Crippen molar-refractivity contribution in [1.29, 1.82) is 0 Å². The molecule has 116 valence electrons. The summed E-state index contributed by atoms with van der Waals surface area (Å²) in [5.74, 6) is 0.833. The molecule has 2 rings (SSSR count). The molecule has 21 heavy (non-hydrogen) atoms. The van der Waals surface area contributed by atoms with Crippen LogP contribution in [0.15, 0.2) is 24.3 Å². The summed E-state index contributed by atoms with van der Waals surface area (Å²) < 4.78 is 0. The van der Waals surface area contributed by atoms with Crippen LogP contribution in [0.2, 0.25) is 0 Å². The van der Waals surface area contributed by atoms with Crippen LogP contribution in [0.1, 0.15) is 51.5 Å². The van der Waals surface area contributed by atoms with Gasteiger partial charge in [-0.05, 0) is 42.9 Å². The van der Waals surface area contributed by atoms with Crippen molar-refractivity contribution in [2.75, 3.05) is 12.3 Å². The molecular formula is C18H28N2O. The average molecular weight is 288 g/mol. The number of benzene rings is 1. The third-order valence-corrected chi connectivity index (χ3v) is 4.23. The minimum atomic E-state index is 0.304. The Morgan fingerprint density at radius 2 is 2.05 bits per heavy atom. The fourth-order valence-electron chi connectivity index (χ4n) is 3.21. The van der Waals surface area contributed by atoms with Crippen LogP contribution in [0.5, 0.6) is 0 Å². The van der Waals surface area contributed by atoms with Gasteiger partial charge in [-0.2, -0.15) is 0 Å². The van der Waals surface area contributed by atoms with Crippen molar-refractivity contribution in [2.45, 2.75) is 58.4 Å². The number of amides is 1. The maximum absolute atomic E-state index is 12.6. The van der Waals surface area contributed by atoms with E-state index in [0.29, 0.717) is 24.3 Å². The zero-order valence-corrected chi connectivity index (χ0v) is 13.3. The zero-order valence-electron chi connectivity index (χ0n) is 13.3. The molecule has 3 nitrogen and oxygen atoms in total. The number of nitrogens with two attached hydrogens (primary N) is 1. The molecule has 0 aromatic heterocycles. The number of hydrogen-bond acceptors (Lipinski definition) is 2. The van der Waals surface area contributed by atoms with E-state index in [0.717, 1.165) is 24.2 Å². The van der Waals surface area contributed by atoms with E-state index < -0.39 is 0 Å². The van der Waals surface area contributed by atoms with E-state index in [1.807, 2.05) is 24.3 Å². The van der Waals surface area contributed by atoms with Gasteiger partial charge in [0.2, 0.25) is 5.91 Å². The zero-order chi connectivity index (χ0) is 15.2. The standard InChI is InChI=1S/C18H28N2O/c1-14(2)13-20(17-8-3-4-9-17)18(21)11-10-15-6-5-7-16(19)12-15/h5-7,12,14,17H,3-4,8-11,13,19H2,1-2H3. The predicted octanol–water partition coefficient (Wildman–Crippen LogP) is 3.63. The summed E-state index contributed by atoms with van der Waals surface area (Å²) in [6, 6.07) is 8.33. The highest BCUT2D eigenvalue weighted by Gasteiger charge is 2.26. The van der Waals surface area contributed by atoms with Crippen LogP contribution >= 0.6 is 0 Å². The van der Waals surface area contributed by atoms with Gasteiger partial charge in [0.05, 0.1) is 0 Å². The third-order valence-electron chi connectivity index (χ3n) is 4.23. The van der Waals surface area contributed by atoms with Gasteiger partial charge in [-0.15, -0.1) is 0 Å². The van der Waals surface area contributed by atoms with Gasteiger partial charge in [0.1, 0.15) is 0 Å². The lowest BCUT2D eigenvalue weighted by Crippen LogP contribution is -2.41. The second kappa shape index (κ2) is 7.48. The van der Waals surface area contributed by atoms with Crippen molar-refractivity contribution in [3.8, 4) is 0 Å². The summed E-state index contributed by atoms with van der Waals surface area (Å²) in [6.07, 6.45) is 6.26. The highest BCUT2D eigenvalue weighted by Crippen LogP contribution is 2.25. The molecule has 0 bridgehead atoms. The molecule has 1 aliphatic carbocycles. The molecule has 0 atom stereocenters. The molecule has 1 amide bonds. The SMILES string of the molecule is CC(C)CN(C(=O)CCc1cccc(N)c1)C1CCCC1. The van der Waals surface area contributed by atoms with Crippen molar-refractivity contribution in [3.63, 3.8) is 0 Å². The Balaban J connectivity index is 1.94. The van der Waals surface area contributed by atoms with Gasteiger partial charge >= 0.3 is 0 Å². The molecule has 1 aromatic rings.